The average molecular weight is 274 g/mol. The van der Waals surface area contributed by atoms with Crippen molar-refractivity contribution in [1.82, 2.24) is 15.5 Å². The van der Waals surface area contributed by atoms with Crippen LogP contribution in [-0.4, -0.2) is 44.6 Å². The summed E-state index contributed by atoms with van der Waals surface area (Å²) in [4.78, 5) is 6.84. The van der Waals surface area contributed by atoms with E-state index in [0.717, 1.165) is 12.5 Å². The Labute approximate surface area is 122 Å². The van der Waals surface area contributed by atoms with Gasteiger partial charge in [0, 0.05) is 13.1 Å². The Morgan fingerprint density at radius 3 is 2.55 bits per heavy atom. The summed E-state index contributed by atoms with van der Waals surface area (Å²) in [6.45, 7) is 8.04. The van der Waals surface area contributed by atoms with E-state index in [4.69, 9.17) is 0 Å². The molecule has 0 aliphatic rings. The average Bonchev–Trinajstić information content (AvgIpc) is 2.45. The Hall–Kier alpha value is -1.81. The molecule has 20 heavy (non-hydrogen) atoms. The summed E-state index contributed by atoms with van der Waals surface area (Å²) in [7, 11) is 4.16. The van der Waals surface area contributed by atoms with Crippen LogP contribution in [0.1, 0.15) is 18.5 Å². The van der Waals surface area contributed by atoms with Gasteiger partial charge in [-0.1, -0.05) is 36.4 Å². The van der Waals surface area contributed by atoms with Crippen molar-refractivity contribution in [2.24, 2.45) is 4.99 Å². The third kappa shape index (κ3) is 5.45. The molecule has 1 atom stereocenters. The smallest absolute Gasteiger partial charge is 0.191 e. The van der Waals surface area contributed by atoms with Crippen LogP contribution in [0.15, 0.2) is 48.0 Å². The number of benzene rings is 1. The lowest BCUT2D eigenvalue weighted by atomic mass is 10.1. The molecule has 0 radical (unpaired) electrons. The van der Waals surface area contributed by atoms with Gasteiger partial charge in [-0.25, -0.2) is 0 Å². The van der Waals surface area contributed by atoms with Gasteiger partial charge in [-0.2, -0.15) is 0 Å². The summed E-state index contributed by atoms with van der Waals surface area (Å²) in [6, 6.07) is 10.7. The van der Waals surface area contributed by atoms with Gasteiger partial charge in [-0.05, 0) is 26.6 Å². The van der Waals surface area contributed by atoms with Crippen molar-refractivity contribution in [3.05, 3.63) is 48.6 Å². The molecule has 0 amide bonds. The molecule has 2 N–H and O–H groups in total. The van der Waals surface area contributed by atoms with Crippen LogP contribution in [0, 0.1) is 0 Å². The van der Waals surface area contributed by atoms with Crippen LogP contribution in [0.3, 0.4) is 0 Å². The van der Waals surface area contributed by atoms with Crippen LogP contribution >= 0.6 is 0 Å². The van der Waals surface area contributed by atoms with Gasteiger partial charge in [0.05, 0.1) is 12.6 Å². The van der Waals surface area contributed by atoms with E-state index in [9.17, 15) is 0 Å². The molecule has 1 aromatic carbocycles. The van der Waals surface area contributed by atoms with Gasteiger partial charge in [0.15, 0.2) is 5.96 Å². The molecule has 0 saturated carbocycles. The van der Waals surface area contributed by atoms with Gasteiger partial charge in [-0.3, -0.25) is 4.99 Å². The van der Waals surface area contributed by atoms with Gasteiger partial charge in [0.1, 0.15) is 0 Å². The summed E-state index contributed by atoms with van der Waals surface area (Å²) in [5.74, 6) is 0.829. The second-order valence-electron chi connectivity index (χ2n) is 4.78. The van der Waals surface area contributed by atoms with Crippen LogP contribution in [0.2, 0.25) is 0 Å². The molecule has 0 spiro atoms. The Morgan fingerprint density at radius 1 is 1.30 bits per heavy atom. The highest BCUT2D eigenvalue weighted by Gasteiger charge is 2.13. The molecule has 0 aliphatic carbocycles. The Bertz CT molecular complexity index is 412. The van der Waals surface area contributed by atoms with Crippen LogP contribution in [0.5, 0.6) is 0 Å². The largest absolute Gasteiger partial charge is 0.357 e. The maximum Gasteiger partial charge on any atom is 0.191 e. The number of rotatable bonds is 7. The van der Waals surface area contributed by atoms with Gasteiger partial charge >= 0.3 is 0 Å². The fraction of sp³-hybridized carbons (Fsp3) is 0.438. The summed E-state index contributed by atoms with van der Waals surface area (Å²) in [5.41, 5.74) is 1.28. The minimum atomic E-state index is 0.274. The van der Waals surface area contributed by atoms with E-state index in [1.165, 1.54) is 5.56 Å². The van der Waals surface area contributed by atoms with Gasteiger partial charge in [0.2, 0.25) is 0 Å². The number of guanidine groups is 1. The second kappa shape index (κ2) is 9.15. The molecule has 110 valence electrons. The molecular formula is C16H26N4. The fourth-order valence-electron chi connectivity index (χ4n) is 1.93. The molecular weight excluding hydrogens is 248 g/mol. The zero-order chi connectivity index (χ0) is 14.8. The molecule has 4 nitrogen and oxygen atoms in total. The van der Waals surface area contributed by atoms with E-state index in [-0.39, 0.29) is 6.04 Å². The highest BCUT2D eigenvalue weighted by atomic mass is 15.2. The van der Waals surface area contributed by atoms with Gasteiger partial charge in [0.25, 0.3) is 0 Å². The normalized spacial score (nSPS) is 13.1. The summed E-state index contributed by atoms with van der Waals surface area (Å²) >= 11 is 0. The van der Waals surface area contributed by atoms with Crippen LogP contribution in [-0.2, 0) is 0 Å². The number of hydrogen-bond donors (Lipinski definition) is 2. The van der Waals surface area contributed by atoms with Crippen LogP contribution < -0.4 is 10.6 Å². The standard InChI is InChI=1S/C16H26N4/c1-5-12-18-16(17-6-2)19-13-15(20(3)4)14-10-8-7-9-11-14/h5,7-11,15H,1,6,12-13H2,2-4H3,(H2,17,18,19). The summed E-state index contributed by atoms with van der Waals surface area (Å²) < 4.78 is 0. The van der Waals surface area contributed by atoms with Crippen molar-refractivity contribution < 1.29 is 0 Å². The zero-order valence-corrected chi connectivity index (χ0v) is 12.8. The van der Waals surface area contributed by atoms with E-state index in [1.54, 1.807) is 0 Å². The summed E-state index contributed by atoms with van der Waals surface area (Å²) in [6.07, 6.45) is 1.83. The molecule has 0 aromatic heterocycles. The lowest BCUT2D eigenvalue weighted by Gasteiger charge is -2.23. The second-order valence-corrected chi connectivity index (χ2v) is 4.78. The maximum atomic E-state index is 4.65. The van der Waals surface area contributed by atoms with E-state index in [0.29, 0.717) is 13.1 Å². The molecule has 0 saturated heterocycles. The number of hydrogen-bond acceptors (Lipinski definition) is 2. The molecule has 4 heteroatoms. The lowest BCUT2D eigenvalue weighted by molar-refractivity contribution is 0.306. The first-order valence-electron chi connectivity index (χ1n) is 7.03. The van der Waals surface area contributed by atoms with Crippen LogP contribution in [0.4, 0.5) is 0 Å². The van der Waals surface area contributed by atoms with Crippen LogP contribution in [0.25, 0.3) is 0 Å². The predicted molar refractivity (Wildman–Crippen MR) is 87.0 cm³/mol. The first kappa shape index (κ1) is 16.2. The Balaban J connectivity index is 2.76. The molecule has 0 aliphatic heterocycles. The summed E-state index contributed by atoms with van der Waals surface area (Å²) in [5, 5.41) is 6.45. The third-order valence-electron chi connectivity index (χ3n) is 2.99. The van der Waals surface area contributed by atoms with E-state index < -0.39 is 0 Å². The lowest BCUT2D eigenvalue weighted by Crippen LogP contribution is -2.38. The highest BCUT2D eigenvalue weighted by Crippen LogP contribution is 2.17. The van der Waals surface area contributed by atoms with E-state index >= 15 is 0 Å². The maximum absolute atomic E-state index is 4.65. The quantitative estimate of drug-likeness (QED) is 0.454. The minimum absolute atomic E-state index is 0.274. The number of likely N-dealkylation sites (N-methyl/N-ethyl adjacent to an activating group) is 1. The third-order valence-corrected chi connectivity index (χ3v) is 2.99. The minimum Gasteiger partial charge on any atom is -0.357 e. The van der Waals surface area contributed by atoms with Crippen molar-refractivity contribution in [3.8, 4) is 0 Å². The first-order chi connectivity index (χ1) is 9.69. The van der Waals surface area contributed by atoms with Crippen molar-refractivity contribution in [2.75, 3.05) is 33.7 Å². The Morgan fingerprint density at radius 2 is 2.00 bits per heavy atom. The topological polar surface area (TPSA) is 39.7 Å². The van der Waals surface area contributed by atoms with E-state index in [1.807, 2.05) is 12.1 Å². The highest BCUT2D eigenvalue weighted by molar-refractivity contribution is 5.79. The molecule has 0 heterocycles. The monoisotopic (exact) mass is 274 g/mol. The van der Waals surface area contributed by atoms with Crippen molar-refractivity contribution >= 4 is 5.96 Å². The Kier molecular flexibility index (Phi) is 7.43. The molecule has 0 bridgehead atoms. The van der Waals surface area contributed by atoms with E-state index in [2.05, 4.69) is 72.4 Å². The molecule has 0 fully saturated rings. The molecule has 1 unspecified atom stereocenters. The SMILES string of the molecule is C=CCNC(=NCC(c1ccccc1)N(C)C)NCC. The first-order valence-corrected chi connectivity index (χ1v) is 7.03. The molecule has 1 rings (SSSR count). The van der Waals surface area contributed by atoms with Gasteiger partial charge < -0.3 is 15.5 Å². The van der Waals surface area contributed by atoms with Crippen molar-refractivity contribution in [3.63, 3.8) is 0 Å². The molecule has 1 aromatic rings. The zero-order valence-electron chi connectivity index (χ0n) is 12.8. The van der Waals surface area contributed by atoms with Crippen molar-refractivity contribution in [1.29, 1.82) is 0 Å². The number of nitrogens with zero attached hydrogens (tertiary/aromatic N) is 2. The number of nitrogens with one attached hydrogen (secondary N) is 2. The van der Waals surface area contributed by atoms with Gasteiger partial charge in [-0.15, -0.1) is 6.58 Å². The fourth-order valence-corrected chi connectivity index (χ4v) is 1.93. The van der Waals surface area contributed by atoms with Crippen molar-refractivity contribution in [2.45, 2.75) is 13.0 Å². The predicted octanol–water partition coefficient (Wildman–Crippen LogP) is 2.03. The number of aliphatic imine (C=N–C) groups is 1.